The molecule has 5 heterocycles. The number of anilines is 4. The number of amides is 5. The van der Waals surface area contributed by atoms with E-state index in [0.717, 1.165) is 56.6 Å². The number of carbonyl (C=O) groups is 5. The van der Waals surface area contributed by atoms with Crippen LogP contribution in [0.5, 0.6) is 11.5 Å². The van der Waals surface area contributed by atoms with Gasteiger partial charge in [-0.15, -0.1) is 0 Å². The molecule has 316 valence electrons. The number of halogens is 1. The van der Waals surface area contributed by atoms with Crippen LogP contribution in [-0.4, -0.2) is 87.8 Å². The first-order chi connectivity index (χ1) is 29.7. The number of unbranched alkanes of at least 4 members (excludes halogenated alkanes) is 4. The Morgan fingerprint density at radius 3 is 2.49 bits per heavy atom. The number of rotatable bonds is 12. The van der Waals surface area contributed by atoms with Crippen LogP contribution in [0.3, 0.4) is 0 Å². The van der Waals surface area contributed by atoms with Gasteiger partial charge in [0.25, 0.3) is 11.8 Å². The standard InChI is InChI=1S/C44H47FN10O6/c45-30-8-15-36-29(24-30)26-47-38-17-19-55-41(51-38)33(27-48-55)43(59)50-34-13-7-28(25-37(34)61-36)42(58)46-18-5-3-1-2-4-6-40(57)54-22-20-53(21-23-54)32-11-9-31(10-12-32)49-35-14-16-39(56)52-44(35)60/h7-13,15,17,19,24-25,27,35,49H,1-6,14,16,18,20-23,26H2,(H,46,58)(H,47,51)(H,50,59)(H,52,56,60). The molecule has 0 saturated carbocycles. The van der Waals surface area contributed by atoms with E-state index >= 15 is 0 Å². The molecule has 1 unspecified atom stereocenters. The minimum Gasteiger partial charge on any atom is -0.455 e. The lowest BCUT2D eigenvalue weighted by molar-refractivity contribution is -0.134. The maximum absolute atomic E-state index is 14.4. The van der Waals surface area contributed by atoms with Crippen molar-refractivity contribution < 1.29 is 33.1 Å². The lowest BCUT2D eigenvalue weighted by Gasteiger charge is -2.36. The maximum Gasteiger partial charge on any atom is 0.261 e. The van der Waals surface area contributed by atoms with E-state index < -0.39 is 17.8 Å². The van der Waals surface area contributed by atoms with E-state index in [0.29, 0.717) is 72.9 Å². The number of imide groups is 1. The average molecular weight is 831 g/mol. The molecule has 17 heteroatoms. The Kier molecular flexibility index (Phi) is 12.3. The molecule has 0 aliphatic carbocycles. The molecule has 5 N–H and O–H groups in total. The van der Waals surface area contributed by atoms with Gasteiger partial charge in [-0.25, -0.2) is 13.9 Å². The molecule has 3 aromatic carbocycles. The Labute approximate surface area is 351 Å². The molecule has 0 spiro atoms. The van der Waals surface area contributed by atoms with Gasteiger partial charge >= 0.3 is 0 Å². The zero-order valence-electron chi connectivity index (χ0n) is 33.5. The second kappa shape index (κ2) is 18.5. The Morgan fingerprint density at radius 2 is 1.67 bits per heavy atom. The summed E-state index contributed by atoms with van der Waals surface area (Å²) in [7, 11) is 0. The van der Waals surface area contributed by atoms with Crippen molar-refractivity contribution in [3.8, 4) is 11.5 Å². The second-order valence-electron chi connectivity index (χ2n) is 15.3. The van der Waals surface area contributed by atoms with Crippen LogP contribution in [0.4, 0.5) is 27.3 Å². The second-order valence-corrected chi connectivity index (χ2v) is 15.3. The number of aromatic nitrogens is 3. The first-order valence-corrected chi connectivity index (χ1v) is 20.7. The highest BCUT2D eigenvalue weighted by Crippen LogP contribution is 2.34. The van der Waals surface area contributed by atoms with Gasteiger partial charge in [-0.05, 0) is 86.0 Å². The topological polar surface area (TPSA) is 191 Å². The van der Waals surface area contributed by atoms with E-state index in [1.165, 1.54) is 28.9 Å². The van der Waals surface area contributed by atoms with Crippen LogP contribution in [0.15, 0.2) is 79.1 Å². The first kappa shape index (κ1) is 40.7. The monoisotopic (exact) mass is 830 g/mol. The van der Waals surface area contributed by atoms with Crippen LogP contribution in [-0.2, 0) is 20.9 Å². The molecule has 3 aliphatic rings. The molecule has 1 atom stereocenters. The van der Waals surface area contributed by atoms with Gasteiger partial charge in [0.2, 0.25) is 17.7 Å². The summed E-state index contributed by atoms with van der Waals surface area (Å²) >= 11 is 0. The lowest BCUT2D eigenvalue weighted by atomic mass is 10.1. The smallest absolute Gasteiger partial charge is 0.261 e. The minimum atomic E-state index is -0.466. The van der Waals surface area contributed by atoms with Gasteiger partial charge in [0.05, 0.1) is 11.9 Å². The largest absolute Gasteiger partial charge is 0.455 e. The molecule has 5 amide bonds. The van der Waals surface area contributed by atoms with Gasteiger partial charge in [-0.3, -0.25) is 29.3 Å². The SMILES string of the molecule is O=C1CCC(Nc2ccc(N3CCN(C(=O)CCCCCCCNC(=O)c4ccc5c(c4)Oc4ccc(F)cc4CNc4ccn6ncc(c6n4)C(=O)N5)CC3)cc2)C(=O)N1. The van der Waals surface area contributed by atoms with E-state index in [9.17, 15) is 28.4 Å². The third kappa shape index (κ3) is 9.88. The van der Waals surface area contributed by atoms with Gasteiger partial charge in [0, 0.05) is 80.8 Å². The summed E-state index contributed by atoms with van der Waals surface area (Å²) in [6.45, 7) is 3.44. The van der Waals surface area contributed by atoms with Gasteiger partial charge in [0.1, 0.15) is 29.0 Å². The number of hydrogen-bond donors (Lipinski definition) is 5. The number of benzene rings is 3. The molecule has 0 radical (unpaired) electrons. The van der Waals surface area contributed by atoms with Crippen LogP contribution >= 0.6 is 0 Å². The maximum atomic E-state index is 14.4. The zero-order valence-corrected chi connectivity index (χ0v) is 33.5. The highest BCUT2D eigenvalue weighted by molar-refractivity contribution is 6.09. The number of piperazine rings is 1. The van der Waals surface area contributed by atoms with E-state index in [1.54, 1.807) is 30.5 Å². The van der Waals surface area contributed by atoms with Crippen molar-refractivity contribution >= 4 is 58.1 Å². The predicted octanol–water partition coefficient (Wildman–Crippen LogP) is 5.47. The number of nitrogens with one attached hydrogen (secondary N) is 5. The van der Waals surface area contributed by atoms with Gasteiger partial charge < -0.3 is 35.8 Å². The van der Waals surface area contributed by atoms with Crippen LogP contribution in [0, 0.1) is 5.82 Å². The van der Waals surface area contributed by atoms with Crippen LogP contribution < -0.4 is 36.2 Å². The Bertz CT molecular complexity index is 2450. The number of piperidine rings is 1. The number of carbonyl (C=O) groups excluding carboxylic acids is 5. The summed E-state index contributed by atoms with van der Waals surface area (Å²) in [5.74, 6) is -0.562. The third-order valence-corrected chi connectivity index (χ3v) is 11.1. The van der Waals surface area contributed by atoms with E-state index in [2.05, 4.69) is 41.6 Å². The number of nitrogens with zero attached hydrogens (tertiary/aromatic N) is 5. The summed E-state index contributed by atoms with van der Waals surface area (Å²) in [5, 5.41) is 18.8. The summed E-state index contributed by atoms with van der Waals surface area (Å²) < 4.78 is 22.1. The molecule has 5 aromatic rings. The number of fused-ring (bicyclic) bond motifs is 3. The fraction of sp³-hybridized carbons (Fsp3) is 0.341. The minimum absolute atomic E-state index is 0.168. The highest BCUT2D eigenvalue weighted by atomic mass is 19.1. The Hall–Kier alpha value is -7.04. The molecule has 61 heavy (non-hydrogen) atoms. The predicted molar refractivity (Wildman–Crippen MR) is 226 cm³/mol. The first-order valence-electron chi connectivity index (χ1n) is 20.7. The van der Waals surface area contributed by atoms with Gasteiger partial charge in [0.15, 0.2) is 11.4 Å². The lowest BCUT2D eigenvalue weighted by Crippen LogP contribution is -2.48. The molecule has 2 saturated heterocycles. The Morgan fingerprint density at radius 1 is 0.869 bits per heavy atom. The van der Waals surface area contributed by atoms with Crippen molar-refractivity contribution in [2.75, 3.05) is 53.6 Å². The van der Waals surface area contributed by atoms with Crippen molar-refractivity contribution in [1.82, 2.24) is 30.1 Å². The van der Waals surface area contributed by atoms with Crippen LogP contribution in [0.1, 0.15) is 77.6 Å². The molecular weight excluding hydrogens is 784 g/mol. The van der Waals surface area contributed by atoms with Crippen LogP contribution in [0.2, 0.25) is 0 Å². The molecule has 2 aromatic heterocycles. The summed E-state index contributed by atoms with van der Waals surface area (Å²) in [6, 6.07) is 18.0. The average Bonchev–Trinajstić information content (AvgIpc) is 3.70. The van der Waals surface area contributed by atoms with Gasteiger partial charge in [-0.1, -0.05) is 19.3 Å². The normalized spacial score (nSPS) is 16.5. The fourth-order valence-corrected chi connectivity index (χ4v) is 7.67. The van der Waals surface area contributed by atoms with Crippen molar-refractivity contribution in [3.05, 3.63) is 102 Å². The van der Waals surface area contributed by atoms with Crippen molar-refractivity contribution in [1.29, 1.82) is 0 Å². The summed E-state index contributed by atoms with van der Waals surface area (Å²) in [6.07, 6.45) is 8.73. The molecule has 3 aliphatic heterocycles. The number of hydrogen-bond acceptors (Lipinski definition) is 11. The fourth-order valence-electron chi connectivity index (χ4n) is 7.67. The zero-order chi connectivity index (χ0) is 42.3. The van der Waals surface area contributed by atoms with Crippen molar-refractivity contribution in [2.24, 2.45) is 0 Å². The Balaban J connectivity index is 0.762. The quantitative estimate of drug-likeness (QED) is 0.0791. The third-order valence-electron chi connectivity index (χ3n) is 11.1. The van der Waals surface area contributed by atoms with Crippen molar-refractivity contribution in [2.45, 2.75) is 64.0 Å². The molecule has 2 bridgehead atoms. The highest BCUT2D eigenvalue weighted by Gasteiger charge is 2.27. The summed E-state index contributed by atoms with van der Waals surface area (Å²) in [5.41, 5.74) is 3.60. The van der Waals surface area contributed by atoms with Crippen molar-refractivity contribution in [3.63, 3.8) is 0 Å². The molecule has 16 nitrogen and oxygen atoms in total. The summed E-state index contributed by atoms with van der Waals surface area (Å²) in [4.78, 5) is 71.9. The molecule has 8 rings (SSSR count). The molecular formula is C44H47FN10O6. The molecule has 2 fully saturated rings. The number of ether oxygens (including phenoxy) is 1. The van der Waals surface area contributed by atoms with Gasteiger partial charge in [-0.2, -0.15) is 5.10 Å². The van der Waals surface area contributed by atoms with Crippen LogP contribution in [0.25, 0.3) is 5.65 Å². The van der Waals surface area contributed by atoms with E-state index in [1.807, 2.05) is 29.2 Å². The van der Waals surface area contributed by atoms with E-state index in [-0.39, 0.29) is 41.5 Å². The van der Waals surface area contributed by atoms with E-state index in [4.69, 9.17) is 4.74 Å².